The highest BCUT2D eigenvalue weighted by molar-refractivity contribution is 7.92. The number of rotatable bonds is 3. The fourth-order valence-electron chi connectivity index (χ4n) is 1.56. The molecule has 1 aromatic carbocycles. The van der Waals surface area contributed by atoms with E-state index in [4.69, 9.17) is 11.0 Å². The predicted octanol–water partition coefficient (Wildman–Crippen LogP) is 0.675. The lowest BCUT2D eigenvalue weighted by atomic mass is 10.2. The molecule has 0 saturated carbocycles. The molecule has 0 aliphatic rings. The van der Waals surface area contributed by atoms with E-state index in [0.717, 1.165) is 0 Å². The average Bonchev–Trinajstić information content (AvgIpc) is 2.70. The van der Waals surface area contributed by atoms with Crippen LogP contribution >= 0.6 is 0 Å². The van der Waals surface area contributed by atoms with Gasteiger partial charge < -0.3 is 5.73 Å². The largest absolute Gasteiger partial charge is 0.394 e. The number of benzene rings is 1. The second-order valence-electron chi connectivity index (χ2n) is 3.79. The minimum Gasteiger partial charge on any atom is -0.394 e. The first kappa shape index (κ1) is 12.9. The summed E-state index contributed by atoms with van der Waals surface area (Å²) < 4.78 is 28.1. The average molecular weight is 277 g/mol. The summed E-state index contributed by atoms with van der Waals surface area (Å²) in [7, 11) is -2.32. The third kappa shape index (κ3) is 2.36. The van der Waals surface area contributed by atoms with Gasteiger partial charge in [-0.05, 0) is 12.1 Å². The third-order valence-electron chi connectivity index (χ3n) is 2.50. The summed E-state index contributed by atoms with van der Waals surface area (Å²) in [5.41, 5.74) is 5.90. The Kier molecular flexibility index (Phi) is 3.14. The van der Waals surface area contributed by atoms with Crippen molar-refractivity contribution in [3.8, 4) is 6.07 Å². The molecule has 0 radical (unpaired) electrons. The second-order valence-corrected chi connectivity index (χ2v) is 5.44. The molecule has 2 rings (SSSR count). The molecule has 7 nitrogen and oxygen atoms in total. The maximum absolute atomic E-state index is 12.2. The van der Waals surface area contributed by atoms with Crippen molar-refractivity contribution in [3.63, 3.8) is 0 Å². The number of aryl methyl sites for hydroxylation is 1. The summed E-state index contributed by atoms with van der Waals surface area (Å²) >= 11 is 0. The van der Waals surface area contributed by atoms with Crippen molar-refractivity contribution in [2.24, 2.45) is 7.05 Å². The van der Waals surface area contributed by atoms with Gasteiger partial charge in [-0.2, -0.15) is 10.4 Å². The molecule has 0 spiro atoms. The number of aromatic nitrogens is 2. The van der Waals surface area contributed by atoms with Gasteiger partial charge >= 0.3 is 0 Å². The minimum atomic E-state index is -3.88. The van der Waals surface area contributed by atoms with E-state index in [2.05, 4.69) is 9.82 Å². The van der Waals surface area contributed by atoms with Gasteiger partial charge in [0, 0.05) is 7.05 Å². The molecule has 0 saturated heterocycles. The fraction of sp³-hybridized carbons (Fsp3) is 0.0909. The van der Waals surface area contributed by atoms with Crippen LogP contribution in [0.2, 0.25) is 0 Å². The first-order valence-electron chi connectivity index (χ1n) is 5.25. The van der Waals surface area contributed by atoms with Crippen LogP contribution in [-0.2, 0) is 17.1 Å². The van der Waals surface area contributed by atoms with Gasteiger partial charge in [0.15, 0.2) is 5.82 Å². The normalized spacial score (nSPS) is 10.9. The van der Waals surface area contributed by atoms with Crippen molar-refractivity contribution >= 4 is 21.5 Å². The zero-order valence-corrected chi connectivity index (χ0v) is 10.8. The van der Waals surface area contributed by atoms with Gasteiger partial charge in [-0.3, -0.25) is 9.40 Å². The summed E-state index contributed by atoms with van der Waals surface area (Å²) in [4.78, 5) is -0.0990. The van der Waals surface area contributed by atoms with Gasteiger partial charge in [0.2, 0.25) is 0 Å². The highest BCUT2D eigenvalue weighted by Crippen LogP contribution is 2.22. The molecule has 1 aromatic heterocycles. The first-order chi connectivity index (χ1) is 8.95. The Morgan fingerprint density at radius 1 is 1.42 bits per heavy atom. The molecule has 0 aliphatic carbocycles. The number of hydrogen-bond acceptors (Lipinski definition) is 5. The van der Waals surface area contributed by atoms with Crippen molar-refractivity contribution in [2.75, 3.05) is 10.5 Å². The Morgan fingerprint density at radius 3 is 2.68 bits per heavy atom. The van der Waals surface area contributed by atoms with Crippen LogP contribution < -0.4 is 10.5 Å². The molecule has 8 heteroatoms. The summed E-state index contributed by atoms with van der Waals surface area (Å²) in [5, 5.41) is 12.8. The summed E-state index contributed by atoms with van der Waals surface area (Å²) in [6.45, 7) is 0. The molecule has 2 aromatic rings. The Hall–Kier alpha value is -2.53. The van der Waals surface area contributed by atoms with Gasteiger partial charge in [-0.15, -0.1) is 0 Å². The minimum absolute atomic E-state index is 0.0655. The molecule has 98 valence electrons. The maximum atomic E-state index is 12.2. The number of nitrogens with zero attached hydrogens (tertiary/aromatic N) is 3. The van der Waals surface area contributed by atoms with Crippen LogP contribution in [0.25, 0.3) is 0 Å². The number of sulfonamides is 1. The van der Waals surface area contributed by atoms with Gasteiger partial charge in [0.05, 0.1) is 17.4 Å². The van der Waals surface area contributed by atoms with E-state index in [0.29, 0.717) is 0 Å². The van der Waals surface area contributed by atoms with Crippen LogP contribution in [0.1, 0.15) is 5.56 Å². The molecule has 19 heavy (non-hydrogen) atoms. The predicted molar refractivity (Wildman–Crippen MR) is 69.6 cm³/mol. The smallest absolute Gasteiger partial charge is 0.264 e. The van der Waals surface area contributed by atoms with Crippen molar-refractivity contribution in [1.82, 2.24) is 9.78 Å². The van der Waals surface area contributed by atoms with Gasteiger partial charge in [0.1, 0.15) is 11.0 Å². The zero-order chi connectivity index (χ0) is 14.0. The van der Waals surface area contributed by atoms with E-state index in [1.54, 1.807) is 19.2 Å². The topological polar surface area (TPSA) is 114 Å². The Morgan fingerprint density at radius 2 is 2.11 bits per heavy atom. The molecule has 0 aliphatic heterocycles. The fourth-order valence-corrected chi connectivity index (χ4v) is 2.83. The molecule has 0 bridgehead atoms. The van der Waals surface area contributed by atoms with E-state index in [-0.39, 0.29) is 22.0 Å². The first-order valence-corrected chi connectivity index (χ1v) is 6.73. The van der Waals surface area contributed by atoms with Crippen LogP contribution in [0.3, 0.4) is 0 Å². The molecular formula is C11H11N5O2S. The highest BCUT2D eigenvalue weighted by atomic mass is 32.2. The van der Waals surface area contributed by atoms with Gasteiger partial charge in [-0.25, -0.2) is 8.42 Å². The van der Waals surface area contributed by atoms with Crippen LogP contribution in [-0.4, -0.2) is 18.2 Å². The lowest BCUT2D eigenvalue weighted by Crippen LogP contribution is -2.17. The lowest BCUT2D eigenvalue weighted by molar-refractivity contribution is 0.600. The number of nitrogens with two attached hydrogens (primary N) is 1. The lowest BCUT2D eigenvalue weighted by Gasteiger charge is -2.09. The van der Waals surface area contributed by atoms with Crippen LogP contribution in [0.5, 0.6) is 0 Å². The monoisotopic (exact) mass is 277 g/mol. The van der Waals surface area contributed by atoms with E-state index in [1.807, 2.05) is 6.07 Å². The SMILES string of the molecule is Cn1ncc(N)c1NS(=O)(=O)c1ccccc1C#N. The highest BCUT2D eigenvalue weighted by Gasteiger charge is 2.20. The Labute approximate surface area is 110 Å². The van der Waals surface area contributed by atoms with Crippen LogP contribution in [0, 0.1) is 11.3 Å². The Balaban J connectivity index is 2.48. The van der Waals surface area contributed by atoms with Crippen molar-refractivity contribution in [1.29, 1.82) is 5.26 Å². The number of anilines is 2. The molecule has 3 N–H and O–H groups in total. The van der Waals surface area contributed by atoms with E-state index in [9.17, 15) is 8.42 Å². The van der Waals surface area contributed by atoms with Crippen molar-refractivity contribution < 1.29 is 8.42 Å². The standard InChI is InChI=1S/C11H11N5O2S/c1-16-11(9(13)7-14-16)15-19(17,18)10-5-3-2-4-8(10)6-12/h2-5,7,15H,13H2,1H3. The number of nitrogen functional groups attached to an aromatic ring is 1. The third-order valence-corrected chi connectivity index (χ3v) is 3.89. The molecule has 0 amide bonds. The van der Waals surface area contributed by atoms with Crippen molar-refractivity contribution in [2.45, 2.75) is 4.90 Å². The van der Waals surface area contributed by atoms with Gasteiger partial charge in [-0.1, -0.05) is 12.1 Å². The zero-order valence-electron chi connectivity index (χ0n) is 10.0. The molecule has 0 unspecified atom stereocenters. The quantitative estimate of drug-likeness (QED) is 0.856. The summed E-state index contributed by atoms with van der Waals surface area (Å²) in [6, 6.07) is 7.76. The number of nitriles is 1. The Bertz CT molecular complexity index is 738. The second kappa shape index (κ2) is 4.62. The van der Waals surface area contributed by atoms with E-state index < -0.39 is 10.0 Å². The molecule has 1 heterocycles. The number of hydrogen-bond donors (Lipinski definition) is 2. The molecular weight excluding hydrogens is 266 g/mol. The molecule has 0 atom stereocenters. The summed E-state index contributed by atoms with van der Waals surface area (Å²) in [5.74, 6) is 0.160. The van der Waals surface area contributed by atoms with Crippen LogP contribution in [0.4, 0.5) is 11.5 Å². The van der Waals surface area contributed by atoms with Crippen LogP contribution in [0.15, 0.2) is 35.4 Å². The van der Waals surface area contributed by atoms with Gasteiger partial charge in [0.25, 0.3) is 10.0 Å². The summed E-state index contributed by atoms with van der Waals surface area (Å²) in [6.07, 6.45) is 1.34. The maximum Gasteiger partial charge on any atom is 0.264 e. The van der Waals surface area contributed by atoms with E-state index >= 15 is 0 Å². The van der Waals surface area contributed by atoms with E-state index in [1.165, 1.54) is 23.0 Å². The van der Waals surface area contributed by atoms with Crippen molar-refractivity contribution in [3.05, 3.63) is 36.0 Å². The number of nitrogens with one attached hydrogen (secondary N) is 1. The molecule has 0 fully saturated rings.